The fourth-order valence-corrected chi connectivity index (χ4v) is 4.44. The van der Waals surface area contributed by atoms with E-state index in [0.717, 1.165) is 10.9 Å². The summed E-state index contributed by atoms with van der Waals surface area (Å²) in [5.41, 5.74) is 2.46. The molecular formula is C24H23FN2O4. The van der Waals surface area contributed by atoms with Crippen molar-refractivity contribution in [2.45, 2.75) is 19.8 Å². The van der Waals surface area contributed by atoms with Gasteiger partial charge in [0, 0.05) is 35.5 Å². The Morgan fingerprint density at radius 1 is 1.03 bits per heavy atom. The van der Waals surface area contributed by atoms with Crippen LogP contribution >= 0.6 is 0 Å². The second-order valence-electron chi connectivity index (χ2n) is 8.16. The van der Waals surface area contributed by atoms with E-state index in [4.69, 9.17) is 9.47 Å². The van der Waals surface area contributed by atoms with Gasteiger partial charge in [-0.2, -0.15) is 0 Å². The molecule has 160 valence electrons. The van der Waals surface area contributed by atoms with Gasteiger partial charge in [0.05, 0.1) is 0 Å². The molecule has 2 aliphatic heterocycles. The van der Waals surface area contributed by atoms with Crippen molar-refractivity contribution < 1.29 is 23.5 Å². The van der Waals surface area contributed by atoms with Gasteiger partial charge < -0.3 is 19.4 Å². The van der Waals surface area contributed by atoms with Crippen LogP contribution in [-0.2, 0) is 0 Å². The Bertz CT molecular complexity index is 1180. The molecule has 0 bridgehead atoms. The first-order valence-corrected chi connectivity index (χ1v) is 10.5. The number of aryl methyl sites for hydroxylation is 1. The average Bonchev–Trinajstić information content (AvgIpc) is 3.22. The summed E-state index contributed by atoms with van der Waals surface area (Å²) in [5.74, 6) is 0.754. The number of halogens is 1. The van der Waals surface area contributed by atoms with Crippen LogP contribution in [0.2, 0.25) is 0 Å². The first kappa shape index (κ1) is 19.6. The number of hydrogen-bond acceptors (Lipinski definition) is 4. The van der Waals surface area contributed by atoms with Crippen molar-refractivity contribution in [1.29, 1.82) is 0 Å². The van der Waals surface area contributed by atoms with E-state index in [0.29, 0.717) is 67.4 Å². The Labute approximate surface area is 178 Å². The van der Waals surface area contributed by atoms with Gasteiger partial charge in [-0.15, -0.1) is 0 Å². The molecule has 5 rings (SSSR count). The summed E-state index contributed by atoms with van der Waals surface area (Å²) in [6.07, 6.45) is 1.21. The van der Waals surface area contributed by atoms with Crippen LogP contribution in [0.15, 0.2) is 36.4 Å². The maximum Gasteiger partial charge on any atom is 0.270 e. The van der Waals surface area contributed by atoms with Crippen molar-refractivity contribution in [3.05, 3.63) is 59.0 Å². The topological polar surface area (TPSA) is 71.6 Å². The zero-order valence-corrected chi connectivity index (χ0v) is 17.2. The molecule has 2 aromatic carbocycles. The highest BCUT2D eigenvalue weighted by Gasteiger charge is 2.29. The van der Waals surface area contributed by atoms with E-state index in [1.54, 1.807) is 29.2 Å². The minimum absolute atomic E-state index is 0.0702. The van der Waals surface area contributed by atoms with E-state index in [-0.39, 0.29) is 23.4 Å². The van der Waals surface area contributed by atoms with Gasteiger partial charge in [0.15, 0.2) is 17.3 Å². The zero-order valence-electron chi connectivity index (χ0n) is 17.2. The third-order valence-corrected chi connectivity index (χ3v) is 6.12. The largest absolute Gasteiger partial charge is 0.486 e. The van der Waals surface area contributed by atoms with Crippen molar-refractivity contribution in [3.63, 3.8) is 0 Å². The fraction of sp³-hybridized carbons (Fsp3) is 0.333. The summed E-state index contributed by atoms with van der Waals surface area (Å²) in [5, 5.41) is 0.841. The number of carbonyl (C=O) groups is 2. The van der Waals surface area contributed by atoms with Crippen LogP contribution in [0.3, 0.4) is 0 Å². The van der Waals surface area contributed by atoms with E-state index < -0.39 is 0 Å². The Hall–Kier alpha value is -3.35. The molecule has 1 N–H and O–H groups in total. The summed E-state index contributed by atoms with van der Waals surface area (Å²) in [4.78, 5) is 30.7. The molecule has 7 heteroatoms. The van der Waals surface area contributed by atoms with Gasteiger partial charge in [-0.3, -0.25) is 9.59 Å². The highest BCUT2D eigenvalue weighted by molar-refractivity contribution is 6.00. The quantitative estimate of drug-likeness (QED) is 0.645. The van der Waals surface area contributed by atoms with Crippen molar-refractivity contribution >= 4 is 22.6 Å². The first-order valence-electron chi connectivity index (χ1n) is 10.5. The smallest absolute Gasteiger partial charge is 0.270 e. The first-order chi connectivity index (χ1) is 15.0. The summed E-state index contributed by atoms with van der Waals surface area (Å²) in [6.45, 7) is 3.82. The van der Waals surface area contributed by atoms with Crippen LogP contribution in [0.5, 0.6) is 11.5 Å². The second-order valence-corrected chi connectivity index (χ2v) is 8.16. The molecule has 2 aliphatic rings. The van der Waals surface area contributed by atoms with Gasteiger partial charge >= 0.3 is 0 Å². The monoisotopic (exact) mass is 422 g/mol. The summed E-state index contributed by atoms with van der Waals surface area (Å²) in [6, 6.07) is 9.94. The van der Waals surface area contributed by atoms with Gasteiger partial charge in [0.2, 0.25) is 0 Å². The van der Waals surface area contributed by atoms with E-state index in [9.17, 15) is 14.0 Å². The summed E-state index contributed by atoms with van der Waals surface area (Å²) >= 11 is 0. The summed E-state index contributed by atoms with van der Waals surface area (Å²) < 4.78 is 24.8. The Kier molecular flexibility index (Phi) is 4.88. The third kappa shape index (κ3) is 3.65. The van der Waals surface area contributed by atoms with Crippen molar-refractivity contribution in [2.24, 2.45) is 5.92 Å². The Morgan fingerprint density at radius 2 is 1.77 bits per heavy atom. The highest BCUT2D eigenvalue weighted by atomic mass is 19.1. The molecule has 31 heavy (non-hydrogen) atoms. The molecule has 1 fully saturated rings. The number of benzene rings is 2. The molecule has 0 aliphatic carbocycles. The lowest BCUT2D eigenvalue weighted by Gasteiger charge is -2.31. The maximum absolute atomic E-state index is 13.7. The molecule has 0 atom stereocenters. The number of hydrogen-bond donors (Lipinski definition) is 1. The number of nitrogens with zero attached hydrogens (tertiary/aromatic N) is 1. The van der Waals surface area contributed by atoms with Gasteiger partial charge in [-0.25, -0.2) is 4.39 Å². The van der Waals surface area contributed by atoms with Crippen molar-refractivity contribution in [3.8, 4) is 11.5 Å². The molecular weight excluding hydrogens is 399 g/mol. The van der Waals surface area contributed by atoms with E-state index in [1.165, 1.54) is 12.1 Å². The van der Waals surface area contributed by atoms with Crippen LogP contribution in [-0.4, -0.2) is 47.9 Å². The number of aromatic nitrogens is 1. The standard InChI is InChI=1S/C24H23FN2O4/c1-14-10-17(25)12-19-18(14)13-20(26-19)24(29)27-6-4-15(5-7-27)23(28)16-2-3-21-22(11-16)31-9-8-30-21/h2-3,10-13,15,26H,4-9H2,1H3. The van der Waals surface area contributed by atoms with Gasteiger partial charge in [0.25, 0.3) is 5.91 Å². The number of nitrogens with one attached hydrogen (secondary N) is 1. The molecule has 3 aromatic rings. The molecule has 1 aromatic heterocycles. The normalized spacial score (nSPS) is 16.5. The number of ketones is 1. The molecule has 1 amide bonds. The zero-order chi connectivity index (χ0) is 21.5. The number of rotatable bonds is 3. The molecule has 0 spiro atoms. The Morgan fingerprint density at radius 3 is 2.55 bits per heavy atom. The predicted molar refractivity (Wildman–Crippen MR) is 113 cm³/mol. The molecule has 1 saturated heterocycles. The lowest BCUT2D eigenvalue weighted by atomic mass is 9.88. The van der Waals surface area contributed by atoms with Crippen LogP contribution in [0.1, 0.15) is 39.3 Å². The number of H-pyrrole nitrogens is 1. The number of aromatic amines is 1. The number of carbonyl (C=O) groups excluding carboxylic acids is 2. The van der Waals surface area contributed by atoms with E-state index in [1.807, 2.05) is 6.92 Å². The van der Waals surface area contributed by atoms with Crippen molar-refractivity contribution in [1.82, 2.24) is 9.88 Å². The number of likely N-dealkylation sites (tertiary alicyclic amines) is 1. The average molecular weight is 422 g/mol. The molecule has 3 heterocycles. The van der Waals surface area contributed by atoms with Crippen molar-refractivity contribution in [2.75, 3.05) is 26.3 Å². The SMILES string of the molecule is Cc1cc(F)cc2[nH]c(C(=O)N3CCC(C(=O)c4ccc5c(c4)OCCO5)CC3)cc12. The Balaban J connectivity index is 1.26. The molecule has 0 unspecified atom stereocenters. The number of amides is 1. The van der Waals surface area contributed by atoms with Gasteiger partial charge in [0.1, 0.15) is 24.7 Å². The molecule has 0 radical (unpaired) electrons. The minimum atomic E-state index is -0.329. The lowest BCUT2D eigenvalue weighted by molar-refractivity contribution is 0.0646. The van der Waals surface area contributed by atoms with E-state index >= 15 is 0 Å². The number of ether oxygens (including phenoxy) is 2. The van der Waals surface area contributed by atoms with Crippen LogP contribution < -0.4 is 9.47 Å². The highest BCUT2D eigenvalue weighted by Crippen LogP contribution is 2.33. The van der Waals surface area contributed by atoms with Gasteiger partial charge in [-0.1, -0.05) is 0 Å². The molecule has 0 saturated carbocycles. The predicted octanol–water partition coefficient (Wildman–Crippen LogP) is 4.12. The maximum atomic E-state index is 13.7. The number of piperidine rings is 1. The van der Waals surface area contributed by atoms with E-state index in [2.05, 4.69) is 4.98 Å². The fourth-order valence-electron chi connectivity index (χ4n) is 4.44. The summed E-state index contributed by atoms with van der Waals surface area (Å²) in [7, 11) is 0. The van der Waals surface area contributed by atoms with Crippen LogP contribution in [0, 0.1) is 18.7 Å². The minimum Gasteiger partial charge on any atom is -0.486 e. The van der Waals surface area contributed by atoms with Gasteiger partial charge in [-0.05, 0) is 61.7 Å². The number of fused-ring (bicyclic) bond motifs is 2. The third-order valence-electron chi connectivity index (χ3n) is 6.12. The lowest BCUT2D eigenvalue weighted by Crippen LogP contribution is -2.40. The molecule has 6 nitrogen and oxygen atoms in total. The second kappa shape index (κ2) is 7.72. The number of Topliss-reactive ketones (excluding diaryl/α,β-unsaturated/α-hetero) is 1. The van der Waals surface area contributed by atoms with Crippen LogP contribution in [0.25, 0.3) is 10.9 Å². The van der Waals surface area contributed by atoms with Crippen LogP contribution in [0.4, 0.5) is 4.39 Å².